The van der Waals surface area contributed by atoms with Gasteiger partial charge in [-0.05, 0) is 62.1 Å². The lowest BCUT2D eigenvalue weighted by molar-refractivity contribution is -0.134. The van der Waals surface area contributed by atoms with E-state index in [1.165, 1.54) is 6.42 Å². The van der Waals surface area contributed by atoms with E-state index in [-0.39, 0.29) is 17.2 Å². The third-order valence-electron chi connectivity index (χ3n) is 7.14. The molecule has 3 aliphatic heterocycles. The molecule has 1 spiro atoms. The Bertz CT molecular complexity index is 815. The first-order valence-electron chi connectivity index (χ1n) is 11.2. The number of piperidine rings is 2. The van der Waals surface area contributed by atoms with Crippen molar-refractivity contribution in [2.45, 2.75) is 43.4 Å². The Labute approximate surface area is 182 Å². The number of amides is 2. The van der Waals surface area contributed by atoms with Crippen molar-refractivity contribution >= 4 is 23.6 Å². The summed E-state index contributed by atoms with van der Waals surface area (Å²) >= 11 is 1.55. The third-order valence-corrected chi connectivity index (χ3v) is 8.12. The van der Waals surface area contributed by atoms with Crippen molar-refractivity contribution in [3.8, 4) is 11.5 Å². The number of ether oxygens (including phenoxy) is 2. The summed E-state index contributed by atoms with van der Waals surface area (Å²) in [6, 6.07) is 5.86. The van der Waals surface area contributed by atoms with Crippen LogP contribution in [0.3, 0.4) is 0 Å². The summed E-state index contributed by atoms with van der Waals surface area (Å²) in [7, 11) is 0. The number of benzene rings is 1. The predicted molar refractivity (Wildman–Crippen MR) is 115 cm³/mol. The first kappa shape index (κ1) is 20.0. The average molecular weight is 431 g/mol. The molecule has 0 bridgehead atoms. The molecule has 7 heteroatoms. The van der Waals surface area contributed by atoms with Crippen molar-refractivity contribution in [3.63, 3.8) is 0 Å². The number of fused-ring (bicyclic) bond motifs is 1. The van der Waals surface area contributed by atoms with Crippen molar-refractivity contribution in [3.05, 3.63) is 18.2 Å². The van der Waals surface area contributed by atoms with Gasteiger partial charge < -0.3 is 19.3 Å². The lowest BCUT2D eigenvalue weighted by Crippen LogP contribution is -2.42. The first-order chi connectivity index (χ1) is 14.6. The minimum Gasteiger partial charge on any atom is -0.486 e. The van der Waals surface area contributed by atoms with Gasteiger partial charge in [0.15, 0.2) is 11.5 Å². The summed E-state index contributed by atoms with van der Waals surface area (Å²) in [6.07, 6.45) is 6.51. The van der Waals surface area contributed by atoms with Crippen LogP contribution < -0.4 is 9.47 Å². The van der Waals surface area contributed by atoms with Gasteiger partial charge in [0.2, 0.25) is 11.8 Å². The number of likely N-dealkylation sites (tertiary alicyclic amines) is 2. The van der Waals surface area contributed by atoms with Gasteiger partial charge in [-0.15, -0.1) is 11.8 Å². The Morgan fingerprint density at radius 2 is 1.70 bits per heavy atom. The van der Waals surface area contributed by atoms with Gasteiger partial charge in [-0.1, -0.05) is 0 Å². The van der Waals surface area contributed by atoms with Crippen LogP contribution in [0.1, 0.15) is 38.5 Å². The van der Waals surface area contributed by atoms with E-state index in [2.05, 4.69) is 4.90 Å². The first-order valence-corrected chi connectivity index (χ1v) is 12.2. The summed E-state index contributed by atoms with van der Waals surface area (Å²) in [5.74, 6) is 2.74. The Kier molecular flexibility index (Phi) is 5.56. The largest absolute Gasteiger partial charge is 0.486 e. The molecule has 0 N–H and O–H groups in total. The molecular formula is C23H30N2O4S. The highest BCUT2D eigenvalue weighted by Crippen LogP contribution is 2.60. The highest BCUT2D eigenvalue weighted by atomic mass is 32.2. The molecule has 3 fully saturated rings. The van der Waals surface area contributed by atoms with Gasteiger partial charge in [-0.3, -0.25) is 9.59 Å². The summed E-state index contributed by atoms with van der Waals surface area (Å²) < 4.78 is 11.2. The van der Waals surface area contributed by atoms with E-state index in [1.54, 1.807) is 11.8 Å². The van der Waals surface area contributed by atoms with Crippen LogP contribution in [0.15, 0.2) is 23.1 Å². The van der Waals surface area contributed by atoms with Crippen LogP contribution in [0.5, 0.6) is 11.5 Å². The summed E-state index contributed by atoms with van der Waals surface area (Å²) in [4.78, 5) is 30.7. The number of rotatable bonds is 4. The maximum atomic E-state index is 12.8. The van der Waals surface area contributed by atoms with E-state index < -0.39 is 0 Å². The van der Waals surface area contributed by atoms with Crippen LogP contribution in [0, 0.1) is 11.3 Å². The number of thioether (sulfide) groups is 1. The third kappa shape index (κ3) is 4.01. The van der Waals surface area contributed by atoms with E-state index in [4.69, 9.17) is 9.47 Å². The van der Waals surface area contributed by atoms with Gasteiger partial charge in [0, 0.05) is 37.0 Å². The zero-order valence-corrected chi connectivity index (χ0v) is 18.3. The number of hydrogen-bond donors (Lipinski definition) is 0. The molecule has 3 heterocycles. The fourth-order valence-electron chi connectivity index (χ4n) is 5.14. The minimum absolute atomic E-state index is 0.175. The number of carbonyl (C=O) groups is 2. The summed E-state index contributed by atoms with van der Waals surface area (Å²) in [5.41, 5.74) is 0.175. The van der Waals surface area contributed by atoms with Crippen LogP contribution in [0.25, 0.3) is 0 Å². The molecule has 1 unspecified atom stereocenters. The van der Waals surface area contributed by atoms with Crippen molar-refractivity contribution < 1.29 is 19.1 Å². The van der Waals surface area contributed by atoms with Crippen molar-refractivity contribution in [2.24, 2.45) is 11.3 Å². The van der Waals surface area contributed by atoms with Crippen molar-refractivity contribution in [2.75, 3.05) is 45.1 Å². The molecule has 0 aromatic heterocycles. The quantitative estimate of drug-likeness (QED) is 0.687. The molecule has 1 aromatic rings. The van der Waals surface area contributed by atoms with Crippen LogP contribution in [-0.2, 0) is 9.59 Å². The molecule has 162 valence electrons. The lowest BCUT2D eigenvalue weighted by Gasteiger charge is -2.34. The molecule has 1 saturated carbocycles. The molecule has 6 nitrogen and oxygen atoms in total. The molecule has 1 aromatic carbocycles. The number of hydrogen-bond acceptors (Lipinski definition) is 5. The standard InChI is InChI=1S/C23H30N2O4S/c26-21(16-30-17-4-5-19-20(14-17)29-13-12-28-19)24-10-6-23(7-11-24)15-18(23)22(27)25-8-2-1-3-9-25/h4-5,14,18H,1-3,6-13,15-16H2. The molecule has 2 saturated heterocycles. The van der Waals surface area contributed by atoms with Crippen molar-refractivity contribution in [1.29, 1.82) is 0 Å². The Morgan fingerprint density at radius 3 is 2.47 bits per heavy atom. The van der Waals surface area contributed by atoms with Gasteiger partial charge in [-0.25, -0.2) is 0 Å². The Balaban J connectivity index is 1.09. The molecule has 1 atom stereocenters. The maximum Gasteiger partial charge on any atom is 0.232 e. The molecule has 5 rings (SSSR count). The monoisotopic (exact) mass is 430 g/mol. The Morgan fingerprint density at radius 1 is 0.967 bits per heavy atom. The molecular weight excluding hydrogens is 400 g/mol. The SMILES string of the molecule is O=C(CSc1ccc2c(c1)OCCO2)N1CCC2(CC1)CC2C(=O)N1CCCCC1. The van der Waals surface area contributed by atoms with Crippen LogP contribution in [0.2, 0.25) is 0 Å². The average Bonchev–Trinajstić information content (AvgIpc) is 3.50. The van der Waals surface area contributed by atoms with Crippen LogP contribution >= 0.6 is 11.8 Å². The van der Waals surface area contributed by atoms with E-state index in [1.807, 2.05) is 23.1 Å². The normalized spacial score (nSPS) is 24.6. The second-order valence-electron chi connectivity index (χ2n) is 8.98. The lowest BCUT2D eigenvalue weighted by atomic mass is 9.90. The zero-order chi connectivity index (χ0) is 20.6. The van der Waals surface area contributed by atoms with Crippen molar-refractivity contribution in [1.82, 2.24) is 9.80 Å². The molecule has 4 aliphatic rings. The molecule has 2 amide bonds. The molecule has 30 heavy (non-hydrogen) atoms. The van der Waals surface area contributed by atoms with Gasteiger partial charge in [0.05, 0.1) is 5.75 Å². The van der Waals surface area contributed by atoms with Crippen LogP contribution in [-0.4, -0.2) is 66.8 Å². The zero-order valence-electron chi connectivity index (χ0n) is 17.4. The summed E-state index contributed by atoms with van der Waals surface area (Å²) in [5, 5.41) is 0. The fraction of sp³-hybridized carbons (Fsp3) is 0.652. The Hall–Kier alpha value is -1.89. The van der Waals surface area contributed by atoms with Gasteiger partial charge >= 0.3 is 0 Å². The van der Waals surface area contributed by atoms with Gasteiger partial charge in [-0.2, -0.15) is 0 Å². The maximum absolute atomic E-state index is 12.8. The smallest absolute Gasteiger partial charge is 0.232 e. The van der Waals surface area contributed by atoms with E-state index >= 15 is 0 Å². The van der Waals surface area contributed by atoms with Crippen LogP contribution in [0.4, 0.5) is 0 Å². The topological polar surface area (TPSA) is 59.1 Å². The minimum atomic E-state index is 0.175. The predicted octanol–water partition coefficient (Wildman–Crippen LogP) is 3.19. The number of carbonyl (C=O) groups excluding carboxylic acids is 2. The van der Waals surface area contributed by atoms with E-state index in [0.717, 1.165) is 74.7 Å². The van der Waals surface area contributed by atoms with Gasteiger partial charge in [0.1, 0.15) is 13.2 Å². The highest BCUT2D eigenvalue weighted by molar-refractivity contribution is 8.00. The summed E-state index contributed by atoms with van der Waals surface area (Å²) in [6.45, 7) is 4.59. The number of nitrogens with zero attached hydrogens (tertiary/aromatic N) is 2. The van der Waals surface area contributed by atoms with Gasteiger partial charge in [0.25, 0.3) is 0 Å². The molecule has 1 aliphatic carbocycles. The second kappa shape index (κ2) is 8.33. The highest BCUT2D eigenvalue weighted by Gasteiger charge is 2.59. The van der Waals surface area contributed by atoms with E-state index in [0.29, 0.717) is 24.9 Å². The van der Waals surface area contributed by atoms with E-state index in [9.17, 15) is 9.59 Å². The fourth-order valence-corrected chi connectivity index (χ4v) is 5.96. The molecule has 0 radical (unpaired) electrons. The second-order valence-corrected chi connectivity index (χ2v) is 10.0.